The van der Waals surface area contributed by atoms with Crippen molar-refractivity contribution in [3.63, 3.8) is 0 Å². The van der Waals surface area contributed by atoms with Gasteiger partial charge in [-0.05, 0) is 30.0 Å². The summed E-state index contributed by atoms with van der Waals surface area (Å²) in [5.74, 6) is 0. The largest absolute Gasteiger partial charge is 0.326 e. The van der Waals surface area contributed by atoms with E-state index in [-0.39, 0.29) is 11.4 Å². The van der Waals surface area contributed by atoms with E-state index in [2.05, 4.69) is 9.71 Å². The lowest BCUT2D eigenvalue weighted by Gasteiger charge is -2.08. The van der Waals surface area contributed by atoms with Crippen LogP contribution in [0.1, 0.15) is 10.4 Å². The van der Waals surface area contributed by atoms with Crippen molar-refractivity contribution < 1.29 is 8.42 Å². The van der Waals surface area contributed by atoms with E-state index in [0.717, 1.165) is 5.56 Å². The summed E-state index contributed by atoms with van der Waals surface area (Å²) in [7, 11) is -3.59. The molecule has 0 unspecified atom stereocenters. The van der Waals surface area contributed by atoms with Crippen LogP contribution in [-0.2, 0) is 16.6 Å². The molecule has 2 aromatic heterocycles. The molecule has 2 heterocycles. The molecule has 0 aromatic carbocycles. The van der Waals surface area contributed by atoms with Crippen LogP contribution in [0.25, 0.3) is 0 Å². The zero-order valence-corrected chi connectivity index (χ0v) is 11.4. The highest BCUT2D eigenvalue weighted by Gasteiger charge is 2.19. The molecule has 0 fully saturated rings. The van der Waals surface area contributed by atoms with E-state index in [4.69, 9.17) is 5.73 Å². The van der Waals surface area contributed by atoms with E-state index in [1.165, 1.54) is 17.5 Å². The Bertz CT molecular complexity index is 650. The number of pyridine rings is 1. The second-order valence-corrected chi connectivity index (χ2v) is 6.42. The third-order valence-electron chi connectivity index (χ3n) is 2.31. The molecule has 0 spiro atoms. The van der Waals surface area contributed by atoms with Gasteiger partial charge in [0.25, 0.3) is 10.0 Å². The number of hydrogen-bond acceptors (Lipinski definition) is 5. The molecule has 0 amide bonds. The highest BCUT2D eigenvalue weighted by atomic mass is 32.2. The Hall–Kier alpha value is -1.44. The van der Waals surface area contributed by atoms with Crippen LogP contribution in [0.3, 0.4) is 0 Å². The molecule has 0 saturated heterocycles. The van der Waals surface area contributed by atoms with E-state index >= 15 is 0 Å². The molecule has 96 valence electrons. The molecule has 7 heteroatoms. The van der Waals surface area contributed by atoms with Crippen LogP contribution in [0.15, 0.2) is 34.8 Å². The second kappa shape index (κ2) is 5.05. The van der Waals surface area contributed by atoms with Crippen LogP contribution in [0.4, 0.5) is 5.69 Å². The van der Waals surface area contributed by atoms with Gasteiger partial charge in [0.1, 0.15) is 4.90 Å². The van der Waals surface area contributed by atoms with Crippen LogP contribution in [0.5, 0.6) is 0 Å². The Morgan fingerprint density at radius 3 is 2.89 bits per heavy atom. The van der Waals surface area contributed by atoms with Crippen LogP contribution in [-0.4, -0.2) is 13.4 Å². The first-order chi connectivity index (χ1) is 8.53. The lowest BCUT2D eigenvalue weighted by Crippen LogP contribution is -2.14. The van der Waals surface area contributed by atoms with Crippen molar-refractivity contribution >= 4 is 27.0 Å². The van der Waals surface area contributed by atoms with Crippen LogP contribution >= 0.6 is 11.3 Å². The first-order valence-electron chi connectivity index (χ1n) is 5.24. The predicted octanol–water partition coefficient (Wildman–Crippen LogP) is 1.71. The van der Waals surface area contributed by atoms with Crippen molar-refractivity contribution in [2.75, 3.05) is 4.72 Å². The number of aromatic nitrogens is 1. The van der Waals surface area contributed by atoms with Crippen molar-refractivity contribution in [2.45, 2.75) is 18.4 Å². The van der Waals surface area contributed by atoms with Gasteiger partial charge in [-0.15, -0.1) is 11.3 Å². The fraction of sp³-hybridized carbons (Fsp3) is 0.182. The SMILES string of the molecule is Cc1cncc(NS(=O)(=O)c2ccsc2CN)c1. The summed E-state index contributed by atoms with van der Waals surface area (Å²) in [6, 6.07) is 3.28. The summed E-state index contributed by atoms with van der Waals surface area (Å²) in [6.07, 6.45) is 3.13. The van der Waals surface area contributed by atoms with Gasteiger partial charge in [0.05, 0.1) is 11.9 Å². The summed E-state index contributed by atoms with van der Waals surface area (Å²) in [5, 5.41) is 1.71. The van der Waals surface area contributed by atoms with E-state index in [1.54, 1.807) is 23.7 Å². The van der Waals surface area contributed by atoms with Crippen LogP contribution < -0.4 is 10.5 Å². The lowest BCUT2D eigenvalue weighted by molar-refractivity contribution is 0.600. The molecule has 18 heavy (non-hydrogen) atoms. The van der Waals surface area contributed by atoms with E-state index in [9.17, 15) is 8.42 Å². The van der Waals surface area contributed by atoms with Gasteiger partial charge in [-0.3, -0.25) is 9.71 Å². The van der Waals surface area contributed by atoms with Gasteiger partial charge in [-0.2, -0.15) is 0 Å². The minimum atomic E-state index is -3.59. The molecule has 3 N–H and O–H groups in total. The zero-order valence-electron chi connectivity index (χ0n) is 9.75. The number of nitrogens with one attached hydrogen (secondary N) is 1. The molecule has 2 rings (SSSR count). The number of sulfonamides is 1. The molecule has 0 radical (unpaired) electrons. The zero-order chi connectivity index (χ0) is 13.2. The third kappa shape index (κ3) is 2.69. The Kier molecular flexibility index (Phi) is 3.65. The lowest BCUT2D eigenvalue weighted by atomic mass is 10.3. The second-order valence-electron chi connectivity index (χ2n) is 3.77. The number of thiophene rings is 1. The fourth-order valence-electron chi connectivity index (χ4n) is 1.54. The number of anilines is 1. The highest BCUT2D eigenvalue weighted by Crippen LogP contribution is 2.23. The quantitative estimate of drug-likeness (QED) is 0.894. The van der Waals surface area contributed by atoms with E-state index in [1.807, 2.05) is 6.92 Å². The highest BCUT2D eigenvalue weighted by molar-refractivity contribution is 7.93. The van der Waals surface area contributed by atoms with Gasteiger partial charge in [-0.1, -0.05) is 0 Å². The minimum absolute atomic E-state index is 0.208. The van der Waals surface area contributed by atoms with Crippen molar-refractivity contribution in [1.82, 2.24) is 4.98 Å². The summed E-state index contributed by atoms with van der Waals surface area (Å²) < 4.78 is 26.8. The standard InChI is InChI=1S/C11H13N3O2S2/c1-8-4-9(7-13-6-8)14-18(15,16)11-2-3-17-10(11)5-12/h2-4,6-7,14H,5,12H2,1H3. The summed E-state index contributed by atoms with van der Waals surface area (Å²) in [5.41, 5.74) is 6.85. The number of rotatable bonds is 4. The number of aryl methyl sites for hydroxylation is 1. The number of nitrogens with two attached hydrogens (primary N) is 1. The van der Waals surface area contributed by atoms with Gasteiger partial charge in [-0.25, -0.2) is 8.42 Å². The Morgan fingerprint density at radius 1 is 1.44 bits per heavy atom. The average molecular weight is 283 g/mol. The van der Waals surface area contributed by atoms with E-state index in [0.29, 0.717) is 10.6 Å². The summed E-state index contributed by atoms with van der Waals surface area (Å²) in [4.78, 5) is 4.82. The smallest absolute Gasteiger partial charge is 0.263 e. The number of hydrogen-bond donors (Lipinski definition) is 2. The van der Waals surface area contributed by atoms with E-state index < -0.39 is 10.0 Å². The minimum Gasteiger partial charge on any atom is -0.326 e. The van der Waals surface area contributed by atoms with Gasteiger partial charge in [0.15, 0.2) is 0 Å². The van der Waals surface area contributed by atoms with Crippen LogP contribution in [0.2, 0.25) is 0 Å². The summed E-state index contributed by atoms with van der Waals surface area (Å²) >= 11 is 1.33. The molecule has 0 saturated carbocycles. The van der Waals surface area contributed by atoms with Gasteiger partial charge in [0, 0.05) is 17.6 Å². The van der Waals surface area contributed by atoms with Crippen molar-refractivity contribution in [3.05, 3.63) is 40.3 Å². The Labute approximate surface area is 110 Å². The maximum atomic E-state index is 12.2. The normalized spacial score (nSPS) is 11.4. The first-order valence-corrected chi connectivity index (χ1v) is 7.60. The molecule has 0 aliphatic rings. The van der Waals surface area contributed by atoms with Crippen molar-refractivity contribution in [2.24, 2.45) is 5.73 Å². The topological polar surface area (TPSA) is 85.1 Å². The number of nitrogens with zero attached hydrogens (tertiary/aromatic N) is 1. The van der Waals surface area contributed by atoms with Crippen LogP contribution in [0, 0.1) is 6.92 Å². The maximum absolute atomic E-state index is 12.2. The van der Waals surface area contributed by atoms with Gasteiger partial charge >= 0.3 is 0 Å². The van der Waals surface area contributed by atoms with Crippen molar-refractivity contribution in [1.29, 1.82) is 0 Å². The third-order valence-corrected chi connectivity index (χ3v) is 4.85. The molecular formula is C11H13N3O2S2. The maximum Gasteiger partial charge on any atom is 0.263 e. The monoisotopic (exact) mass is 283 g/mol. The molecule has 5 nitrogen and oxygen atoms in total. The Morgan fingerprint density at radius 2 is 2.22 bits per heavy atom. The predicted molar refractivity (Wildman–Crippen MR) is 72.0 cm³/mol. The average Bonchev–Trinajstić information content (AvgIpc) is 2.77. The molecule has 2 aromatic rings. The van der Waals surface area contributed by atoms with Gasteiger partial charge < -0.3 is 5.73 Å². The molecule has 0 atom stereocenters. The first kappa shape index (κ1) is 13.0. The molecule has 0 bridgehead atoms. The molecular weight excluding hydrogens is 270 g/mol. The van der Waals surface area contributed by atoms with Crippen molar-refractivity contribution in [3.8, 4) is 0 Å². The molecule has 0 aliphatic carbocycles. The molecule has 0 aliphatic heterocycles. The fourth-order valence-corrected chi connectivity index (χ4v) is 3.91. The summed E-state index contributed by atoms with van der Waals surface area (Å²) in [6.45, 7) is 2.06. The Balaban J connectivity index is 2.33. The van der Waals surface area contributed by atoms with Gasteiger partial charge in [0.2, 0.25) is 0 Å².